The molecule has 146 valence electrons. The predicted molar refractivity (Wildman–Crippen MR) is 117 cm³/mol. The van der Waals surface area contributed by atoms with Crippen molar-refractivity contribution in [2.75, 3.05) is 38.7 Å². The van der Waals surface area contributed by atoms with Gasteiger partial charge in [0, 0.05) is 32.9 Å². The molecule has 0 spiro atoms. The van der Waals surface area contributed by atoms with Gasteiger partial charge in [0.05, 0.1) is 6.61 Å². The minimum absolute atomic E-state index is 0.0649. The molecule has 2 aromatic rings. The molecule has 5 nitrogen and oxygen atoms in total. The molecule has 2 aromatic carbocycles. The summed E-state index contributed by atoms with van der Waals surface area (Å²) in [6, 6.07) is 18.0. The number of rotatable bonds is 7. The Kier molecular flexibility index (Phi) is 6.44. The highest BCUT2D eigenvalue weighted by atomic mass is 32.1. The molecule has 1 aliphatic rings. The van der Waals surface area contributed by atoms with Crippen molar-refractivity contribution in [2.45, 2.75) is 6.42 Å². The van der Waals surface area contributed by atoms with Gasteiger partial charge in [-0.1, -0.05) is 42.5 Å². The molecule has 1 amide bonds. The highest BCUT2D eigenvalue weighted by Gasteiger charge is 2.35. The fourth-order valence-electron chi connectivity index (χ4n) is 3.16. The van der Waals surface area contributed by atoms with Crippen LogP contribution >= 0.6 is 12.2 Å². The van der Waals surface area contributed by atoms with Crippen molar-refractivity contribution in [3.8, 4) is 0 Å². The van der Waals surface area contributed by atoms with Crippen molar-refractivity contribution < 1.29 is 9.90 Å². The van der Waals surface area contributed by atoms with E-state index in [1.165, 1.54) is 5.56 Å². The lowest BCUT2D eigenvalue weighted by molar-refractivity contribution is -0.122. The number of hydrogen-bond donors (Lipinski definition) is 1. The monoisotopic (exact) mass is 395 g/mol. The summed E-state index contributed by atoms with van der Waals surface area (Å²) in [5, 5.41) is 9.59. The molecule has 28 heavy (non-hydrogen) atoms. The van der Waals surface area contributed by atoms with Gasteiger partial charge in [-0.15, -0.1) is 0 Å². The summed E-state index contributed by atoms with van der Waals surface area (Å²) >= 11 is 5.49. The number of carbonyl (C=O) groups is 1. The van der Waals surface area contributed by atoms with Crippen molar-refractivity contribution in [3.05, 3.63) is 71.4 Å². The summed E-state index contributed by atoms with van der Waals surface area (Å²) in [4.78, 5) is 18.3. The summed E-state index contributed by atoms with van der Waals surface area (Å²) in [5.74, 6) is -0.0649. The third kappa shape index (κ3) is 4.40. The number of anilines is 1. The Hall–Kier alpha value is -2.70. The second-order valence-electron chi connectivity index (χ2n) is 6.80. The maximum absolute atomic E-state index is 12.9. The second kappa shape index (κ2) is 8.99. The fourth-order valence-corrected chi connectivity index (χ4v) is 3.43. The number of likely N-dealkylation sites (N-methyl/N-ethyl adjacent to an activating group) is 2. The van der Waals surface area contributed by atoms with E-state index in [-0.39, 0.29) is 12.5 Å². The summed E-state index contributed by atoms with van der Waals surface area (Å²) in [6.07, 6.45) is 2.63. The van der Waals surface area contributed by atoms with E-state index >= 15 is 0 Å². The first-order valence-electron chi connectivity index (χ1n) is 9.28. The Morgan fingerprint density at radius 3 is 2.43 bits per heavy atom. The van der Waals surface area contributed by atoms with Crippen LogP contribution in [0.2, 0.25) is 0 Å². The van der Waals surface area contributed by atoms with Crippen molar-refractivity contribution >= 4 is 35.0 Å². The van der Waals surface area contributed by atoms with Crippen molar-refractivity contribution in [1.29, 1.82) is 0 Å². The highest BCUT2D eigenvalue weighted by molar-refractivity contribution is 7.80. The Bertz CT molecular complexity index is 865. The van der Waals surface area contributed by atoms with E-state index in [0.717, 1.165) is 17.7 Å². The molecule has 1 heterocycles. The maximum atomic E-state index is 12.9. The number of aliphatic hydroxyl groups excluding tert-OH is 1. The van der Waals surface area contributed by atoms with Gasteiger partial charge >= 0.3 is 0 Å². The number of thiocarbonyl (C=S) groups is 1. The smallest absolute Gasteiger partial charge is 0.276 e. The van der Waals surface area contributed by atoms with Crippen molar-refractivity contribution in [1.82, 2.24) is 9.80 Å². The van der Waals surface area contributed by atoms with Crippen LogP contribution in [0.15, 0.2) is 60.3 Å². The molecule has 3 rings (SSSR count). The van der Waals surface area contributed by atoms with E-state index in [9.17, 15) is 4.79 Å². The van der Waals surface area contributed by atoms with Gasteiger partial charge in [-0.05, 0) is 48.0 Å². The van der Waals surface area contributed by atoms with Crippen LogP contribution < -0.4 is 4.90 Å². The molecule has 1 fully saturated rings. The number of nitrogens with zero attached hydrogens (tertiary/aromatic N) is 3. The summed E-state index contributed by atoms with van der Waals surface area (Å²) < 4.78 is 0. The molecule has 1 aliphatic heterocycles. The first kappa shape index (κ1) is 20.0. The van der Waals surface area contributed by atoms with E-state index < -0.39 is 0 Å². The van der Waals surface area contributed by atoms with E-state index in [2.05, 4.69) is 12.1 Å². The Morgan fingerprint density at radius 2 is 1.79 bits per heavy atom. The molecule has 1 N–H and O–H groups in total. The van der Waals surface area contributed by atoms with Gasteiger partial charge in [0.1, 0.15) is 5.70 Å². The molecule has 0 bridgehead atoms. The SMILES string of the molecule is CN1C(=S)N(CCc2ccccc2)C(=O)/C1=C\c1ccc(N(C)CCO)cc1. The van der Waals surface area contributed by atoms with Crippen molar-refractivity contribution in [3.63, 3.8) is 0 Å². The lowest BCUT2D eigenvalue weighted by Gasteiger charge is -2.17. The van der Waals surface area contributed by atoms with Gasteiger partial charge in [0.25, 0.3) is 5.91 Å². The number of amides is 1. The average Bonchev–Trinajstić information content (AvgIpc) is 2.91. The molecular formula is C22H25N3O2S. The molecule has 1 saturated heterocycles. The zero-order valence-electron chi connectivity index (χ0n) is 16.2. The second-order valence-corrected chi connectivity index (χ2v) is 7.17. The van der Waals surface area contributed by atoms with Gasteiger partial charge in [-0.2, -0.15) is 0 Å². The first-order chi connectivity index (χ1) is 13.5. The zero-order valence-corrected chi connectivity index (χ0v) is 17.0. The highest BCUT2D eigenvalue weighted by Crippen LogP contribution is 2.23. The molecular weight excluding hydrogens is 370 g/mol. The van der Waals surface area contributed by atoms with Crippen LogP contribution in [0, 0.1) is 0 Å². The van der Waals surface area contributed by atoms with Gasteiger partial charge in [-0.25, -0.2) is 0 Å². The largest absolute Gasteiger partial charge is 0.395 e. The van der Waals surface area contributed by atoms with Crippen LogP contribution in [0.5, 0.6) is 0 Å². The minimum Gasteiger partial charge on any atom is -0.395 e. The number of aliphatic hydroxyl groups is 1. The molecule has 0 atom stereocenters. The summed E-state index contributed by atoms with van der Waals surface area (Å²) in [7, 11) is 3.76. The summed E-state index contributed by atoms with van der Waals surface area (Å²) in [6.45, 7) is 1.25. The number of benzene rings is 2. The first-order valence-corrected chi connectivity index (χ1v) is 9.69. The lowest BCUT2D eigenvalue weighted by Crippen LogP contribution is -2.33. The van der Waals surface area contributed by atoms with Crippen LogP contribution in [-0.2, 0) is 11.2 Å². The Balaban J connectivity index is 1.73. The van der Waals surface area contributed by atoms with E-state index in [1.807, 2.05) is 67.5 Å². The molecule has 0 unspecified atom stereocenters. The molecule has 0 aromatic heterocycles. The van der Waals surface area contributed by atoms with E-state index in [0.29, 0.717) is 23.9 Å². The zero-order chi connectivity index (χ0) is 20.1. The number of carbonyl (C=O) groups excluding carboxylic acids is 1. The third-order valence-electron chi connectivity index (χ3n) is 4.88. The topological polar surface area (TPSA) is 47.0 Å². The molecule has 6 heteroatoms. The van der Waals surface area contributed by atoms with Crippen LogP contribution in [-0.4, -0.2) is 59.7 Å². The van der Waals surface area contributed by atoms with Gasteiger partial charge in [0.2, 0.25) is 0 Å². The average molecular weight is 396 g/mol. The fraction of sp³-hybridized carbons (Fsp3) is 0.273. The van der Waals surface area contributed by atoms with Gasteiger partial charge in [0.15, 0.2) is 5.11 Å². The Labute approximate surface area is 171 Å². The standard InChI is InChI=1S/C22H25N3O2S/c1-23(14-15-26)19-10-8-18(9-11-19)16-20-21(27)25(22(28)24(20)2)13-12-17-6-4-3-5-7-17/h3-11,16,26H,12-15H2,1-2H3/b20-16+. The molecule has 0 saturated carbocycles. The lowest BCUT2D eigenvalue weighted by atomic mass is 10.1. The van der Waals surface area contributed by atoms with E-state index in [1.54, 1.807) is 9.80 Å². The predicted octanol–water partition coefficient (Wildman–Crippen LogP) is 2.76. The quantitative estimate of drug-likeness (QED) is 0.577. The summed E-state index contributed by atoms with van der Waals surface area (Å²) in [5.41, 5.74) is 3.71. The van der Waals surface area contributed by atoms with Gasteiger partial charge in [-0.3, -0.25) is 9.69 Å². The van der Waals surface area contributed by atoms with Crippen LogP contribution in [0.4, 0.5) is 5.69 Å². The normalized spacial score (nSPS) is 15.6. The molecule has 0 radical (unpaired) electrons. The maximum Gasteiger partial charge on any atom is 0.276 e. The number of hydrogen-bond acceptors (Lipinski definition) is 4. The van der Waals surface area contributed by atoms with E-state index in [4.69, 9.17) is 17.3 Å². The van der Waals surface area contributed by atoms with Crippen LogP contribution in [0.3, 0.4) is 0 Å². The van der Waals surface area contributed by atoms with Gasteiger partial charge < -0.3 is 14.9 Å². The van der Waals surface area contributed by atoms with Crippen molar-refractivity contribution in [2.24, 2.45) is 0 Å². The third-order valence-corrected chi connectivity index (χ3v) is 5.38. The van der Waals surface area contributed by atoms with Crippen LogP contribution in [0.1, 0.15) is 11.1 Å². The Morgan fingerprint density at radius 1 is 1.11 bits per heavy atom. The van der Waals surface area contributed by atoms with Crippen LogP contribution in [0.25, 0.3) is 6.08 Å². The minimum atomic E-state index is -0.0649. The molecule has 0 aliphatic carbocycles.